The standard InChI is InChI=1S/C18H27N3O3S/c1-4-6-10-19-18(22)17-13(3)15-12-14(8-9-16(15)20-17)21-25(23,24)11-7-5-2/h8-9,12,20-21H,4-7,10-11H2,1-3H3,(H,19,22). The van der Waals surface area contributed by atoms with Crippen molar-refractivity contribution < 1.29 is 13.2 Å². The maximum atomic E-state index is 12.3. The van der Waals surface area contributed by atoms with Gasteiger partial charge in [0.05, 0.1) is 5.75 Å². The van der Waals surface area contributed by atoms with Crippen LogP contribution in [0.1, 0.15) is 55.6 Å². The number of amides is 1. The van der Waals surface area contributed by atoms with Crippen molar-refractivity contribution in [1.29, 1.82) is 0 Å². The Balaban J connectivity index is 2.22. The number of hydrogen-bond donors (Lipinski definition) is 3. The summed E-state index contributed by atoms with van der Waals surface area (Å²) >= 11 is 0. The molecule has 1 aromatic carbocycles. The van der Waals surface area contributed by atoms with Gasteiger partial charge in [-0.1, -0.05) is 26.7 Å². The SMILES string of the molecule is CCCCNC(=O)c1[nH]c2ccc(NS(=O)(=O)CCCC)cc2c1C. The van der Waals surface area contributed by atoms with Crippen LogP contribution in [0.3, 0.4) is 0 Å². The first-order valence-electron chi connectivity index (χ1n) is 8.79. The van der Waals surface area contributed by atoms with Crippen LogP contribution < -0.4 is 10.0 Å². The highest BCUT2D eigenvalue weighted by Gasteiger charge is 2.16. The fraction of sp³-hybridized carbons (Fsp3) is 0.500. The van der Waals surface area contributed by atoms with Crippen molar-refractivity contribution >= 4 is 32.5 Å². The summed E-state index contributed by atoms with van der Waals surface area (Å²) in [6.07, 6.45) is 3.42. The predicted octanol–water partition coefficient (Wildman–Crippen LogP) is 3.55. The van der Waals surface area contributed by atoms with Gasteiger partial charge < -0.3 is 10.3 Å². The fourth-order valence-corrected chi connectivity index (χ4v) is 3.91. The molecular weight excluding hydrogens is 338 g/mol. The number of fused-ring (bicyclic) bond motifs is 1. The van der Waals surface area contributed by atoms with E-state index in [4.69, 9.17) is 0 Å². The van der Waals surface area contributed by atoms with Crippen molar-refractivity contribution in [1.82, 2.24) is 10.3 Å². The van der Waals surface area contributed by atoms with E-state index in [1.54, 1.807) is 18.2 Å². The number of benzene rings is 1. The zero-order valence-corrected chi connectivity index (χ0v) is 15.9. The average Bonchev–Trinajstić information content (AvgIpc) is 2.89. The van der Waals surface area contributed by atoms with Crippen LogP contribution in [0.2, 0.25) is 0 Å². The van der Waals surface area contributed by atoms with Gasteiger partial charge in [0.1, 0.15) is 5.69 Å². The Kier molecular flexibility index (Phi) is 6.47. The Labute approximate surface area is 149 Å². The van der Waals surface area contributed by atoms with Gasteiger partial charge >= 0.3 is 0 Å². The third-order valence-electron chi connectivity index (χ3n) is 4.14. The molecule has 25 heavy (non-hydrogen) atoms. The number of sulfonamides is 1. The van der Waals surface area contributed by atoms with E-state index in [9.17, 15) is 13.2 Å². The number of carbonyl (C=O) groups excluding carboxylic acids is 1. The zero-order valence-electron chi connectivity index (χ0n) is 15.1. The van der Waals surface area contributed by atoms with Gasteiger partial charge in [0.2, 0.25) is 10.0 Å². The summed E-state index contributed by atoms with van der Waals surface area (Å²) in [5, 5.41) is 3.74. The van der Waals surface area contributed by atoms with Crippen LogP contribution >= 0.6 is 0 Å². The molecule has 2 aromatic rings. The van der Waals surface area contributed by atoms with Gasteiger partial charge in [-0.15, -0.1) is 0 Å². The first-order chi connectivity index (χ1) is 11.9. The Morgan fingerprint density at radius 1 is 1.16 bits per heavy atom. The maximum Gasteiger partial charge on any atom is 0.268 e. The Bertz CT molecular complexity index is 841. The van der Waals surface area contributed by atoms with Crippen molar-refractivity contribution in [2.45, 2.75) is 46.5 Å². The second-order valence-corrected chi connectivity index (χ2v) is 8.11. The van der Waals surface area contributed by atoms with E-state index in [0.717, 1.165) is 35.7 Å². The molecule has 0 aliphatic heterocycles. The largest absolute Gasteiger partial charge is 0.351 e. The second kappa shape index (κ2) is 8.38. The van der Waals surface area contributed by atoms with Crippen molar-refractivity contribution in [3.63, 3.8) is 0 Å². The number of H-pyrrole nitrogens is 1. The molecule has 0 unspecified atom stereocenters. The van der Waals surface area contributed by atoms with E-state index >= 15 is 0 Å². The molecule has 0 saturated heterocycles. The van der Waals surface area contributed by atoms with E-state index < -0.39 is 10.0 Å². The van der Waals surface area contributed by atoms with Crippen LogP contribution in [-0.2, 0) is 10.0 Å². The van der Waals surface area contributed by atoms with Crippen molar-refractivity contribution in [3.05, 3.63) is 29.5 Å². The number of hydrogen-bond acceptors (Lipinski definition) is 3. The summed E-state index contributed by atoms with van der Waals surface area (Å²) in [6, 6.07) is 5.27. The Hall–Kier alpha value is -2.02. The van der Waals surface area contributed by atoms with Crippen molar-refractivity contribution in [3.8, 4) is 0 Å². The van der Waals surface area contributed by atoms with Gasteiger partial charge in [-0.25, -0.2) is 8.42 Å². The fourth-order valence-electron chi connectivity index (χ4n) is 2.65. The molecule has 0 fully saturated rings. The number of carbonyl (C=O) groups is 1. The minimum absolute atomic E-state index is 0.110. The molecular formula is C18H27N3O3S. The maximum absolute atomic E-state index is 12.3. The molecule has 0 bridgehead atoms. The van der Waals surface area contributed by atoms with Crippen LogP contribution in [0, 0.1) is 6.92 Å². The van der Waals surface area contributed by atoms with Gasteiger partial charge in [-0.05, 0) is 43.5 Å². The first-order valence-corrected chi connectivity index (χ1v) is 10.4. The molecule has 1 amide bonds. The van der Waals surface area contributed by atoms with Crippen LogP contribution in [-0.4, -0.2) is 31.6 Å². The number of nitrogens with one attached hydrogen (secondary N) is 3. The lowest BCUT2D eigenvalue weighted by Crippen LogP contribution is -2.25. The Morgan fingerprint density at radius 3 is 2.56 bits per heavy atom. The number of aromatic amines is 1. The van der Waals surface area contributed by atoms with E-state index in [1.807, 2.05) is 13.8 Å². The lowest BCUT2D eigenvalue weighted by Gasteiger charge is -2.07. The summed E-state index contributed by atoms with van der Waals surface area (Å²) in [6.45, 7) is 6.54. The minimum atomic E-state index is -3.34. The Morgan fingerprint density at radius 2 is 1.88 bits per heavy atom. The molecule has 3 N–H and O–H groups in total. The van der Waals surface area contributed by atoms with E-state index in [2.05, 4.69) is 21.9 Å². The molecule has 2 rings (SSSR count). The average molecular weight is 365 g/mol. The van der Waals surface area contributed by atoms with Crippen LogP contribution in [0.5, 0.6) is 0 Å². The predicted molar refractivity (Wildman–Crippen MR) is 103 cm³/mol. The van der Waals surface area contributed by atoms with Gasteiger partial charge in [0.25, 0.3) is 5.91 Å². The number of anilines is 1. The quantitative estimate of drug-likeness (QED) is 0.594. The van der Waals surface area contributed by atoms with Gasteiger partial charge in [-0.2, -0.15) is 0 Å². The third kappa shape index (κ3) is 4.98. The van der Waals surface area contributed by atoms with E-state index in [1.165, 1.54) is 0 Å². The second-order valence-electron chi connectivity index (χ2n) is 6.27. The van der Waals surface area contributed by atoms with E-state index in [0.29, 0.717) is 24.3 Å². The third-order valence-corrected chi connectivity index (χ3v) is 5.51. The molecule has 1 heterocycles. The number of aromatic nitrogens is 1. The van der Waals surface area contributed by atoms with Crippen LogP contribution in [0.15, 0.2) is 18.2 Å². The molecule has 0 atom stereocenters. The summed E-state index contributed by atoms with van der Waals surface area (Å²) in [7, 11) is -3.34. The summed E-state index contributed by atoms with van der Waals surface area (Å²) in [4.78, 5) is 15.4. The van der Waals surface area contributed by atoms with Crippen LogP contribution in [0.4, 0.5) is 5.69 Å². The highest BCUT2D eigenvalue weighted by Crippen LogP contribution is 2.25. The van der Waals surface area contributed by atoms with Crippen LogP contribution in [0.25, 0.3) is 10.9 Å². The number of aryl methyl sites for hydroxylation is 1. The number of unbranched alkanes of at least 4 members (excludes halogenated alkanes) is 2. The van der Waals surface area contributed by atoms with Gasteiger partial charge in [-0.3, -0.25) is 9.52 Å². The molecule has 138 valence electrons. The molecule has 0 radical (unpaired) electrons. The highest BCUT2D eigenvalue weighted by molar-refractivity contribution is 7.92. The molecule has 6 nitrogen and oxygen atoms in total. The molecule has 0 saturated carbocycles. The summed E-state index contributed by atoms with van der Waals surface area (Å²) in [5.74, 6) is -0.0223. The lowest BCUT2D eigenvalue weighted by atomic mass is 10.1. The molecule has 0 aliphatic carbocycles. The first kappa shape index (κ1) is 19.3. The van der Waals surface area contributed by atoms with Gasteiger partial charge in [0, 0.05) is 23.1 Å². The molecule has 7 heteroatoms. The monoisotopic (exact) mass is 365 g/mol. The van der Waals surface area contributed by atoms with Gasteiger partial charge in [0.15, 0.2) is 0 Å². The van der Waals surface area contributed by atoms with Crippen molar-refractivity contribution in [2.75, 3.05) is 17.0 Å². The summed E-state index contributed by atoms with van der Waals surface area (Å²) in [5.41, 5.74) is 2.67. The minimum Gasteiger partial charge on any atom is -0.351 e. The van der Waals surface area contributed by atoms with E-state index in [-0.39, 0.29) is 11.7 Å². The topological polar surface area (TPSA) is 91.1 Å². The number of rotatable bonds is 9. The highest BCUT2D eigenvalue weighted by atomic mass is 32.2. The molecule has 0 spiro atoms. The van der Waals surface area contributed by atoms with Crippen molar-refractivity contribution in [2.24, 2.45) is 0 Å². The smallest absolute Gasteiger partial charge is 0.268 e. The summed E-state index contributed by atoms with van der Waals surface area (Å²) < 4.78 is 26.7. The normalized spacial score (nSPS) is 11.6. The zero-order chi connectivity index (χ0) is 18.4. The molecule has 0 aliphatic rings. The molecule has 1 aromatic heterocycles. The lowest BCUT2D eigenvalue weighted by molar-refractivity contribution is 0.0948.